The molecule has 5 heteroatoms. The Morgan fingerprint density at radius 1 is 1.32 bits per heavy atom. The summed E-state index contributed by atoms with van der Waals surface area (Å²) in [6.45, 7) is 11.6. The molecular weight excluding hydrogens is 244 g/mol. The van der Waals surface area contributed by atoms with E-state index in [9.17, 15) is 4.79 Å². The van der Waals surface area contributed by atoms with Gasteiger partial charge in [0.05, 0.1) is 6.61 Å². The fourth-order valence-corrected chi connectivity index (χ4v) is 2.07. The van der Waals surface area contributed by atoms with E-state index in [4.69, 9.17) is 9.47 Å². The van der Waals surface area contributed by atoms with Gasteiger partial charge in [0.2, 0.25) is 0 Å². The third-order valence-corrected chi connectivity index (χ3v) is 3.03. The quantitative estimate of drug-likeness (QED) is 0.778. The second-order valence-electron chi connectivity index (χ2n) is 5.89. The molecule has 112 valence electrons. The Bertz CT molecular complexity index is 268. The van der Waals surface area contributed by atoms with Crippen molar-refractivity contribution in [3.63, 3.8) is 0 Å². The van der Waals surface area contributed by atoms with E-state index >= 15 is 0 Å². The summed E-state index contributed by atoms with van der Waals surface area (Å²) in [5, 5.41) is 3.46. The number of likely N-dealkylation sites (tertiary alicyclic amines) is 1. The highest BCUT2D eigenvalue weighted by Gasteiger charge is 2.26. The molecule has 1 amide bonds. The van der Waals surface area contributed by atoms with E-state index in [1.54, 1.807) is 4.90 Å². The first kappa shape index (κ1) is 16.2. The van der Waals surface area contributed by atoms with E-state index in [1.807, 2.05) is 27.7 Å². The Labute approximate surface area is 116 Å². The zero-order chi connectivity index (χ0) is 14.3. The van der Waals surface area contributed by atoms with E-state index < -0.39 is 5.60 Å². The highest BCUT2D eigenvalue weighted by atomic mass is 16.6. The molecule has 0 aromatic heterocycles. The molecule has 0 atom stereocenters. The molecular formula is C14H28N2O3. The number of hydrogen-bond acceptors (Lipinski definition) is 4. The second-order valence-corrected chi connectivity index (χ2v) is 5.89. The van der Waals surface area contributed by atoms with Gasteiger partial charge in [0.15, 0.2) is 0 Å². The Morgan fingerprint density at radius 3 is 2.47 bits per heavy atom. The van der Waals surface area contributed by atoms with E-state index in [1.165, 1.54) is 0 Å². The van der Waals surface area contributed by atoms with Gasteiger partial charge in [-0.05, 0) is 40.5 Å². The molecule has 1 aliphatic rings. The first-order valence-electron chi connectivity index (χ1n) is 7.21. The highest BCUT2D eigenvalue weighted by Crippen LogP contribution is 2.15. The third-order valence-electron chi connectivity index (χ3n) is 3.03. The van der Waals surface area contributed by atoms with Crippen LogP contribution in [0.3, 0.4) is 0 Å². The Kier molecular flexibility index (Phi) is 6.58. The predicted molar refractivity (Wildman–Crippen MR) is 75.3 cm³/mol. The van der Waals surface area contributed by atoms with Gasteiger partial charge in [0.25, 0.3) is 0 Å². The van der Waals surface area contributed by atoms with Gasteiger partial charge in [-0.1, -0.05) is 0 Å². The maximum atomic E-state index is 11.9. The first-order chi connectivity index (χ1) is 8.92. The smallest absolute Gasteiger partial charge is 0.410 e. The number of nitrogens with zero attached hydrogens (tertiary/aromatic N) is 1. The predicted octanol–water partition coefficient (Wildman–Crippen LogP) is 2.01. The Hall–Kier alpha value is -0.810. The summed E-state index contributed by atoms with van der Waals surface area (Å²) in [6.07, 6.45) is 1.76. The van der Waals surface area contributed by atoms with Crippen molar-refractivity contribution >= 4 is 6.09 Å². The van der Waals surface area contributed by atoms with Crippen LogP contribution in [-0.4, -0.2) is 55.5 Å². The van der Waals surface area contributed by atoms with E-state index in [-0.39, 0.29) is 6.09 Å². The van der Waals surface area contributed by atoms with Crippen LogP contribution >= 0.6 is 0 Å². The number of carbonyl (C=O) groups excluding carboxylic acids is 1. The molecule has 1 heterocycles. The van der Waals surface area contributed by atoms with Crippen molar-refractivity contribution in [3.8, 4) is 0 Å². The molecule has 1 N–H and O–H groups in total. The SMILES string of the molecule is CCOCCNC1CCN(C(=O)OC(C)(C)C)CC1. The fourth-order valence-electron chi connectivity index (χ4n) is 2.07. The summed E-state index contributed by atoms with van der Waals surface area (Å²) in [5.74, 6) is 0. The van der Waals surface area contributed by atoms with Gasteiger partial charge in [-0.2, -0.15) is 0 Å². The van der Waals surface area contributed by atoms with Gasteiger partial charge in [0.1, 0.15) is 5.60 Å². The third kappa shape index (κ3) is 6.78. The van der Waals surface area contributed by atoms with Crippen molar-refractivity contribution in [3.05, 3.63) is 0 Å². The molecule has 5 nitrogen and oxygen atoms in total. The average Bonchev–Trinajstić information content (AvgIpc) is 2.33. The molecule has 0 radical (unpaired) electrons. The molecule has 19 heavy (non-hydrogen) atoms. The minimum atomic E-state index is -0.413. The minimum Gasteiger partial charge on any atom is -0.444 e. The van der Waals surface area contributed by atoms with Crippen LogP contribution in [0, 0.1) is 0 Å². The molecule has 1 aliphatic heterocycles. The van der Waals surface area contributed by atoms with E-state index in [0.29, 0.717) is 6.04 Å². The van der Waals surface area contributed by atoms with Crippen LogP contribution in [0.25, 0.3) is 0 Å². The number of amides is 1. The summed E-state index contributed by atoms with van der Waals surface area (Å²) in [5.41, 5.74) is -0.413. The standard InChI is InChI=1S/C14H28N2O3/c1-5-18-11-8-15-12-6-9-16(10-7-12)13(17)19-14(2,3)4/h12,15H,5-11H2,1-4H3. The van der Waals surface area contributed by atoms with Crippen molar-refractivity contribution < 1.29 is 14.3 Å². The van der Waals surface area contributed by atoms with Crippen LogP contribution in [0.4, 0.5) is 4.79 Å². The molecule has 0 aromatic carbocycles. The monoisotopic (exact) mass is 272 g/mol. The van der Waals surface area contributed by atoms with Gasteiger partial charge in [0, 0.05) is 32.3 Å². The van der Waals surface area contributed by atoms with Gasteiger partial charge in [-0.15, -0.1) is 0 Å². The molecule has 0 spiro atoms. The lowest BCUT2D eigenvalue weighted by molar-refractivity contribution is 0.0196. The summed E-state index contributed by atoms with van der Waals surface area (Å²) >= 11 is 0. The molecule has 0 unspecified atom stereocenters. The van der Waals surface area contributed by atoms with Crippen LogP contribution in [-0.2, 0) is 9.47 Å². The van der Waals surface area contributed by atoms with Gasteiger partial charge < -0.3 is 19.7 Å². The normalized spacial score (nSPS) is 17.6. The van der Waals surface area contributed by atoms with Gasteiger partial charge >= 0.3 is 6.09 Å². The molecule has 0 saturated carbocycles. The van der Waals surface area contributed by atoms with Crippen molar-refractivity contribution in [2.45, 2.75) is 52.2 Å². The summed E-state index contributed by atoms with van der Waals surface area (Å²) < 4.78 is 10.7. The number of piperidine rings is 1. The summed E-state index contributed by atoms with van der Waals surface area (Å²) in [4.78, 5) is 13.7. The first-order valence-corrected chi connectivity index (χ1v) is 7.21. The highest BCUT2D eigenvalue weighted by molar-refractivity contribution is 5.68. The van der Waals surface area contributed by atoms with E-state index in [2.05, 4.69) is 5.32 Å². The number of rotatable bonds is 5. The van der Waals surface area contributed by atoms with Crippen molar-refractivity contribution in [2.24, 2.45) is 0 Å². The largest absolute Gasteiger partial charge is 0.444 e. The molecule has 1 saturated heterocycles. The summed E-state index contributed by atoms with van der Waals surface area (Å²) in [7, 11) is 0. The second kappa shape index (κ2) is 7.70. The van der Waals surface area contributed by atoms with Crippen LogP contribution < -0.4 is 5.32 Å². The van der Waals surface area contributed by atoms with Crippen molar-refractivity contribution in [2.75, 3.05) is 32.8 Å². The van der Waals surface area contributed by atoms with Crippen LogP contribution in [0.1, 0.15) is 40.5 Å². The number of hydrogen-bond donors (Lipinski definition) is 1. The number of nitrogens with one attached hydrogen (secondary N) is 1. The summed E-state index contributed by atoms with van der Waals surface area (Å²) in [6, 6.07) is 0.485. The molecule has 0 bridgehead atoms. The van der Waals surface area contributed by atoms with Crippen LogP contribution in [0.15, 0.2) is 0 Å². The Balaban J connectivity index is 2.19. The number of ether oxygens (including phenoxy) is 2. The zero-order valence-corrected chi connectivity index (χ0v) is 12.7. The minimum absolute atomic E-state index is 0.194. The maximum Gasteiger partial charge on any atom is 0.410 e. The van der Waals surface area contributed by atoms with Crippen molar-refractivity contribution in [1.82, 2.24) is 10.2 Å². The lowest BCUT2D eigenvalue weighted by Gasteiger charge is -2.33. The van der Waals surface area contributed by atoms with Crippen LogP contribution in [0.2, 0.25) is 0 Å². The fraction of sp³-hybridized carbons (Fsp3) is 0.929. The lowest BCUT2D eigenvalue weighted by Crippen LogP contribution is -2.47. The Morgan fingerprint density at radius 2 is 1.95 bits per heavy atom. The van der Waals surface area contributed by atoms with Crippen molar-refractivity contribution in [1.29, 1.82) is 0 Å². The van der Waals surface area contributed by atoms with Gasteiger partial charge in [-0.3, -0.25) is 0 Å². The average molecular weight is 272 g/mol. The van der Waals surface area contributed by atoms with Crippen LogP contribution in [0.5, 0.6) is 0 Å². The van der Waals surface area contributed by atoms with E-state index in [0.717, 1.165) is 45.7 Å². The van der Waals surface area contributed by atoms with Gasteiger partial charge in [-0.25, -0.2) is 4.79 Å². The molecule has 0 aromatic rings. The maximum absolute atomic E-state index is 11.9. The molecule has 1 rings (SSSR count). The topological polar surface area (TPSA) is 50.8 Å². The lowest BCUT2D eigenvalue weighted by atomic mass is 10.1. The molecule has 1 fully saturated rings. The zero-order valence-electron chi connectivity index (χ0n) is 12.7. The number of carbonyl (C=O) groups is 1. The molecule has 0 aliphatic carbocycles.